The van der Waals surface area contributed by atoms with Crippen molar-refractivity contribution in [3.63, 3.8) is 0 Å². The second-order valence-electron chi connectivity index (χ2n) is 26.2. The maximum absolute atomic E-state index is 12.9. The molecule has 0 aromatic carbocycles. The Morgan fingerprint density at radius 3 is 0.977 bits per heavy atom. The number of aliphatic carboxylic acids is 1. The Bertz CT molecular complexity index is 1660. The van der Waals surface area contributed by atoms with Gasteiger partial charge in [-0.2, -0.15) is 0 Å². The molecular formula is C78H141NO8. The number of carboxylic acid groups (broad SMARTS) is 1. The van der Waals surface area contributed by atoms with Crippen LogP contribution in [0.2, 0.25) is 0 Å². The number of hydrogen-bond donors (Lipinski definition) is 0. The largest absolute Gasteiger partial charge is 0.545 e. The summed E-state index contributed by atoms with van der Waals surface area (Å²) in [5.41, 5.74) is 0. The summed E-state index contributed by atoms with van der Waals surface area (Å²) in [6.07, 6.45) is 88.8. The quantitative estimate of drug-likeness (QED) is 0.0195. The molecule has 0 radical (unpaired) electrons. The summed E-state index contributed by atoms with van der Waals surface area (Å²) in [6, 6.07) is 0. The molecule has 0 aliphatic rings. The van der Waals surface area contributed by atoms with Crippen molar-refractivity contribution in [3.05, 3.63) is 72.9 Å². The molecule has 0 saturated carbocycles. The Kier molecular flexibility index (Phi) is 66.1. The van der Waals surface area contributed by atoms with Crippen molar-refractivity contribution in [1.29, 1.82) is 0 Å². The van der Waals surface area contributed by atoms with Crippen molar-refractivity contribution >= 4 is 17.9 Å². The molecule has 0 fully saturated rings. The Hall–Kier alpha value is -3.27. The molecule has 9 nitrogen and oxygen atoms in total. The van der Waals surface area contributed by atoms with Crippen molar-refractivity contribution in [2.24, 2.45) is 0 Å². The number of carbonyl (C=O) groups is 3. The minimum atomic E-state index is -1.63. The number of rotatable bonds is 69. The van der Waals surface area contributed by atoms with Crippen LogP contribution in [0.4, 0.5) is 0 Å². The third kappa shape index (κ3) is 70.1. The highest BCUT2D eigenvalue weighted by Gasteiger charge is 2.22. The molecule has 0 heterocycles. The molecule has 0 spiro atoms. The van der Waals surface area contributed by atoms with Crippen LogP contribution >= 0.6 is 0 Å². The van der Waals surface area contributed by atoms with Crippen LogP contribution in [0, 0.1) is 0 Å². The fourth-order valence-electron chi connectivity index (χ4n) is 10.8. The van der Waals surface area contributed by atoms with Crippen LogP contribution in [0.1, 0.15) is 348 Å². The molecule has 2 unspecified atom stereocenters. The maximum Gasteiger partial charge on any atom is 0.306 e. The van der Waals surface area contributed by atoms with Gasteiger partial charge >= 0.3 is 11.9 Å². The van der Waals surface area contributed by atoms with Gasteiger partial charge in [-0.25, -0.2) is 0 Å². The number of carbonyl (C=O) groups excluding carboxylic acids is 3. The summed E-state index contributed by atoms with van der Waals surface area (Å²) in [5.74, 6) is -2.31. The van der Waals surface area contributed by atoms with Gasteiger partial charge in [0.25, 0.3) is 0 Å². The second kappa shape index (κ2) is 68.6. The van der Waals surface area contributed by atoms with E-state index < -0.39 is 24.3 Å². The molecule has 0 amide bonds. The summed E-state index contributed by atoms with van der Waals surface area (Å²) >= 11 is 0. The van der Waals surface area contributed by atoms with Crippen molar-refractivity contribution < 1.29 is 42.9 Å². The lowest BCUT2D eigenvalue weighted by Gasteiger charge is -2.26. The fraction of sp³-hybridized carbons (Fsp3) is 0.808. The number of unbranched alkanes of at least 4 members (excludes halogenated alkanes) is 42. The molecule has 0 aliphatic heterocycles. The Labute approximate surface area is 538 Å². The number of allylic oxidation sites excluding steroid dienone is 12. The Balaban J connectivity index is 4.00. The highest BCUT2D eigenvalue weighted by Crippen LogP contribution is 2.19. The minimum Gasteiger partial charge on any atom is -0.545 e. The zero-order valence-electron chi connectivity index (χ0n) is 57.9. The van der Waals surface area contributed by atoms with E-state index in [1.807, 2.05) is 21.1 Å². The van der Waals surface area contributed by atoms with E-state index in [9.17, 15) is 19.5 Å². The van der Waals surface area contributed by atoms with Crippen LogP contribution in [0.3, 0.4) is 0 Å². The van der Waals surface area contributed by atoms with Gasteiger partial charge < -0.3 is 33.3 Å². The number of esters is 2. The summed E-state index contributed by atoms with van der Waals surface area (Å²) in [7, 11) is 5.92. The van der Waals surface area contributed by atoms with Gasteiger partial charge in [0.1, 0.15) is 13.2 Å². The average molecular weight is 1220 g/mol. The van der Waals surface area contributed by atoms with E-state index in [4.69, 9.17) is 18.9 Å². The summed E-state index contributed by atoms with van der Waals surface area (Å²) in [6.45, 7) is 4.65. The zero-order chi connectivity index (χ0) is 63.3. The highest BCUT2D eigenvalue weighted by atomic mass is 16.7. The number of carboxylic acids is 1. The molecule has 0 bridgehead atoms. The van der Waals surface area contributed by atoms with Crippen molar-refractivity contribution in [1.82, 2.24) is 0 Å². The van der Waals surface area contributed by atoms with E-state index >= 15 is 0 Å². The molecule has 9 heteroatoms. The summed E-state index contributed by atoms with van der Waals surface area (Å²) < 4.78 is 22.8. The number of hydrogen-bond acceptors (Lipinski definition) is 8. The smallest absolute Gasteiger partial charge is 0.306 e. The number of likely N-dealkylation sites (N-methyl/N-ethyl adjacent to an activating group) is 1. The lowest BCUT2D eigenvalue weighted by Crippen LogP contribution is -2.44. The van der Waals surface area contributed by atoms with Gasteiger partial charge in [0.15, 0.2) is 12.4 Å². The fourth-order valence-corrected chi connectivity index (χ4v) is 10.8. The van der Waals surface area contributed by atoms with Crippen molar-refractivity contribution in [2.45, 2.75) is 360 Å². The molecule has 0 aromatic heterocycles. The normalized spacial score (nSPS) is 13.1. The molecular weight excluding hydrogens is 1080 g/mol. The first-order valence-electron chi connectivity index (χ1n) is 37.1. The number of ether oxygens (including phenoxy) is 4. The van der Waals surface area contributed by atoms with Gasteiger partial charge in [0.05, 0.1) is 40.3 Å². The van der Waals surface area contributed by atoms with Gasteiger partial charge in [-0.1, -0.05) is 344 Å². The van der Waals surface area contributed by atoms with Gasteiger partial charge in [-0.15, -0.1) is 0 Å². The molecule has 506 valence electrons. The van der Waals surface area contributed by atoms with Crippen LogP contribution in [-0.4, -0.2) is 82.3 Å². The minimum absolute atomic E-state index is 0.140. The second-order valence-corrected chi connectivity index (χ2v) is 26.2. The molecule has 0 rings (SSSR count). The Morgan fingerprint density at radius 1 is 0.356 bits per heavy atom. The Morgan fingerprint density at radius 2 is 0.655 bits per heavy atom. The lowest BCUT2D eigenvalue weighted by atomic mass is 10.0. The van der Waals surface area contributed by atoms with Crippen LogP contribution in [0.25, 0.3) is 0 Å². The molecule has 87 heavy (non-hydrogen) atoms. The maximum atomic E-state index is 12.9. The SMILES string of the molecule is CC/C=C\C/C=C\C/C=C\C/C=C\C/C=C\C/C=C\CCCCCCC(=O)OC(COC(=O)CCCCCCCCCCCCCCCCCCCCCCCCCCCCCCCCCCCCCCCCC)COC(OCC[N+](C)(C)C)C(=O)[O-]. The molecule has 0 aromatic rings. The number of quaternary nitrogens is 1. The van der Waals surface area contributed by atoms with E-state index in [1.165, 1.54) is 231 Å². The molecule has 0 saturated heterocycles. The van der Waals surface area contributed by atoms with Crippen molar-refractivity contribution in [3.8, 4) is 0 Å². The molecule has 0 aliphatic carbocycles. The van der Waals surface area contributed by atoms with Gasteiger partial charge in [-0.05, 0) is 64.2 Å². The van der Waals surface area contributed by atoms with Crippen LogP contribution in [0.15, 0.2) is 72.9 Å². The molecule has 2 atom stereocenters. The highest BCUT2D eigenvalue weighted by molar-refractivity contribution is 5.70. The van der Waals surface area contributed by atoms with Crippen LogP contribution in [-0.2, 0) is 33.3 Å². The standard InChI is InChI=1S/C78H141NO8/c1-6-8-10-12-14-16-18-20-22-24-26-28-30-31-32-33-34-35-36-37-38-39-40-41-42-43-44-45-47-48-50-52-54-56-58-60-62-64-66-68-75(80)85-72-74(73-86-78(77(82)83)84-71-70-79(3,4)5)87-76(81)69-67-65-63-61-59-57-55-53-51-49-46-29-27-25-23-21-19-17-15-13-11-9-7-2/h9,11,15,17,21,23,27,29,49,51,55,57,74,78H,6-8,10,12-14,16,18-20,22,24-26,28,30-48,50,52-54,56,58-73H2,1-5H3/b11-9-,17-15-,23-21-,29-27-,51-49-,57-55-. The van der Waals surface area contributed by atoms with Gasteiger partial charge in [0, 0.05) is 12.8 Å². The lowest BCUT2D eigenvalue weighted by molar-refractivity contribution is -0.870. The van der Waals surface area contributed by atoms with Gasteiger partial charge in [0.2, 0.25) is 0 Å². The predicted octanol–water partition coefficient (Wildman–Crippen LogP) is 21.9. The molecule has 0 N–H and O–H groups in total. The zero-order valence-corrected chi connectivity index (χ0v) is 57.9. The summed E-state index contributed by atoms with van der Waals surface area (Å²) in [5, 5.41) is 11.8. The van der Waals surface area contributed by atoms with E-state index in [-0.39, 0.29) is 38.6 Å². The van der Waals surface area contributed by atoms with Gasteiger partial charge in [-0.3, -0.25) is 9.59 Å². The average Bonchev–Trinajstić information content (AvgIpc) is 3.50. The first-order valence-corrected chi connectivity index (χ1v) is 37.1. The van der Waals surface area contributed by atoms with Crippen LogP contribution < -0.4 is 5.11 Å². The van der Waals surface area contributed by atoms with E-state index in [0.717, 1.165) is 83.5 Å². The monoisotopic (exact) mass is 1220 g/mol. The summed E-state index contributed by atoms with van der Waals surface area (Å²) in [4.78, 5) is 37.5. The van der Waals surface area contributed by atoms with Crippen molar-refractivity contribution in [2.75, 3.05) is 47.5 Å². The third-order valence-electron chi connectivity index (χ3n) is 16.5. The first kappa shape index (κ1) is 83.7. The topological polar surface area (TPSA) is 111 Å². The van der Waals surface area contributed by atoms with E-state index in [0.29, 0.717) is 17.4 Å². The van der Waals surface area contributed by atoms with Crippen LogP contribution in [0.5, 0.6) is 0 Å². The predicted molar refractivity (Wildman–Crippen MR) is 371 cm³/mol. The van der Waals surface area contributed by atoms with E-state index in [2.05, 4.69) is 86.8 Å². The van der Waals surface area contributed by atoms with E-state index in [1.54, 1.807) is 0 Å². The first-order chi connectivity index (χ1) is 42.6. The third-order valence-corrected chi connectivity index (χ3v) is 16.5. The number of nitrogens with zero attached hydrogens (tertiary/aromatic N) is 1.